The molecule has 0 aliphatic heterocycles. The van der Waals surface area contributed by atoms with Crippen LogP contribution in [0.5, 0.6) is 0 Å². The molecule has 2 atom stereocenters. The van der Waals surface area contributed by atoms with E-state index in [0.717, 1.165) is 0 Å². The van der Waals surface area contributed by atoms with E-state index in [2.05, 4.69) is 0 Å². The monoisotopic (exact) mass is 411 g/mol. The van der Waals surface area contributed by atoms with Gasteiger partial charge in [-0.2, -0.15) is 0 Å². The molecule has 0 spiro atoms. The molecular weight excluding hydrogens is 378 g/mol. The molecule has 7 heteroatoms. The number of hydrogen-bond donors (Lipinski definition) is 1. The zero-order valence-electron chi connectivity index (χ0n) is 17.8. The highest BCUT2D eigenvalue weighted by Crippen LogP contribution is 2.25. The van der Waals surface area contributed by atoms with Crippen molar-refractivity contribution < 1.29 is 23.1 Å². The van der Waals surface area contributed by atoms with Crippen molar-refractivity contribution in [2.24, 2.45) is 11.8 Å². The summed E-state index contributed by atoms with van der Waals surface area (Å²) >= 11 is 0. The van der Waals surface area contributed by atoms with E-state index in [-0.39, 0.29) is 22.9 Å². The highest BCUT2D eigenvalue weighted by atomic mass is 32.2. The van der Waals surface area contributed by atoms with E-state index in [0.29, 0.717) is 0 Å². The fourth-order valence-corrected chi connectivity index (χ4v) is 4.29. The summed E-state index contributed by atoms with van der Waals surface area (Å²) in [6.07, 6.45) is -0.183. The molecule has 6 nitrogen and oxygen atoms in total. The number of aliphatic hydroxyl groups excluding tert-OH is 1. The van der Waals surface area contributed by atoms with Gasteiger partial charge < -0.3 is 14.7 Å². The van der Waals surface area contributed by atoms with Crippen LogP contribution in [0.2, 0.25) is 0 Å². The van der Waals surface area contributed by atoms with Crippen LogP contribution in [-0.4, -0.2) is 42.7 Å². The Hall–Kier alpha value is -1.86. The third-order valence-corrected chi connectivity index (χ3v) is 6.09. The fraction of sp³-hybridized carbons (Fsp3) is 0.571. The SMILES string of the molecule is CC(C)[C@H](O)[C@H](C)/C=C(\OC(=O)N(C(C)C)C(C)C)S(=O)(=O)c1ccccc1. The van der Waals surface area contributed by atoms with Crippen LogP contribution in [0, 0.1) is 11.8 Å². The van der Waals surface area contributed by atoms with Crippen LogP contribution in [0.1, 0.15) is 48.5 Å². The number of amides is 1. The lowest BCUT2D eigenvalue weighted by molar-refractivity contribution is 0.0867. The molecular formula is C21H33NO5S. The third-order valence-electron chi connectivity index (χ3n) is 4.45. The van der Waals surface area contributed by atoms with Gasteiger partial charge in [-0.05, 0) is 51.8 Å². The normalized spacial score (nSPS) is 15.0. The molecule has 0 aromatic heterocycles. The van der Waals surface area contributed by atoms with Crippen molar-refractivity contribution in [2.45, 2.75) is 71.5 Å². The quantitative estimate of drug-likeness (QED) is 0.648. The standard InChI is InChI=1S/C21H33NO5S/c1-14(2)20(23)17(7)13-19(27-21(24)22(15(3)4)16(5)6)28(25,26)18-11-9-8-10-12-18/h8-17,20,23H,1-7H3/b19-13+/t17-,20+/m1/s1. The predicted molar refractivity (Wildman–Crippen MR) is 110 cm³/mol. The number of aliphatic hydroxyl groups is 1. The van der Waals surface area contributed by atoms with E-state index in [9.17, 15) is 18.3 Å². The zero-order valence-corrected chi connectivity index (χ0v) is 18.6. The maximum absolute atomic E-state index is 13.1. The Balaban J connectivity index is 3.39. The second-order valence-electron chi connectivity index (χ2n) is 7.86. The summed E-state index contributed by atoms with van der Waals surface area (Å²) in [5, 5.41) is 9.85. The Morgan fingerprint density at radius 3 is 1.93 bits per heavy atom. The van der Waals surface area contributed by atoms with Crippen LogP contribution in [0.15, 0.2) is 46.4 Å². The summed E-state index contributed by atoms with van der Waals surface area (Å²) in [4.78, 5) is 14.2. The first-order valence-corrected chi connectivity index (χ1v) is 11.1. The molecule has 0 aliphatic carbocycles. The largest absolute Gasteiger partial charge is 0.416 e. The van der Waals surface area contributed by atoms with Crippen molar-refractivity contribution in [3.8, 4) is 0 Å². The van der Waals surface area contributed by atoms with Crippen LogP contribution >= 0.6 is 0 Å². The molecule has 1 N–H and O–H groups in total. The lowest BCUT2D eigenvalue weighted by Crippen LogP contribution is -2.42. The second-order valence-corrected chi connectivity index (χ2v) is 9.74. The van der Waals surface area contributed by atoms with Crippen molar-refractivity contribution in [1.29, 1.82) is 0 Å². The van der Waals surface area contributed by atoms with E-state index in [1.807, 2.05) is 41.5 Å². The number of sulfone groups is 1. The predicted octanol–water partition coefficient (Wildman–Crippen LogP) is 4.21. The first-order valence-electron chi connectivity index (χ1n) is 9.59. The van der Waals surface area contributed by atoms with Crippen molar-refractivity contribution in [3.63, 3.8) is 0 Å². The van der Waals surface area contributed by atoms with Crippen LogP contribution in [-0.2, 0) is 14.6 Å². The number of rotatable bonds is 8. The summed E-state index contributed by atoms with van der Waals surface area (Å²) in [6, 6.07) is 7.49. The van der Waals surface area contributed by atoms with E-state index < -0.39 is 33.0 Å². The van der Waals surface area contributed by atoms with Crippen LogP contribution < -0.4 is 0 Å². The molecule has 0 saturated carbocycles. The van der Waals surface area contributed by atoms with Gasteiger partial charge in [0.15, 0.2) is 0 Å². The molecule has 0 fully saturated rings. The number of hydrogen-bond acceptors (Lipinski definition) is 5. The van der Waals surface area contributed by atoms with Gasteiger partial charge in [-0.15, -0.1) is 0 Å². The molecule has 0 bridgehead atoms. The smallest absolute Gasteiger partial charge is 0.398 e. The average molecular weight is 412 g/mol. The summed E-state index contributed by atoms with van der Waals surface area (Å²) < 4.78 is 31.6. The number of nitrogens with zero attached hydrogens (tertiary/aromatic N) is 1. The molecule has 1 aromatic carbocycles. The maximum Gasteiger partial charge on any atom is 0.416 e. The molecule has 0 saturated heterocycles. The number of carbonyl (C=O) groups is 1. The minimum absolute atomic E-state index is 0.0286. The van der Waals surface area contributed by atoms with E-state index >= 15 is 0 Å². The minimum atomic E-state index is -4.06. The van der Waals surface area contributed by atoms with Crippen LogP contribution in [0.3, 0.4) is 0 Å². The third kappa shape index (κ3) is 6.07. The summed E-state index contributed by atoms with van der Waals surface area (Å²) in [5.41, 5.74) is 0. The van der Waals surface area contributed by atoms with Gasteiger partial charge in [0, 0.05) is 18.0 Å². The lowest BCUT2D eigenvalue weighted by Gasteiger charge is -2.30. The zero-order chi connectivity index (χ0) is 21.6. The Bertz CT molecular complexity index is 761. The summed E-state index contributed by atoms with van der Waals surface area (Å²) in [6.45, 7) is 12.7. The van der Waals surface area contributed by atoms with Crippen molar-refractivity contribution in [3.05, 3.63) is 41.5 Å². The summed E-state index contributed by atoms with van der Waals surface area (Å²) in [7, 11) is -4.06. The number of carbonyl (C=O) groups excluding carboxylic acids is 1. The molecule has 28 heavy (non-hydrogen) atoms. The second kappa shape index (κ2) is 10.1. The topological polar surface area (TPSA) is 83.9 Å². The molecule has 0 heterocycles. The van der Waals surface area contributed by atoms with E-state index in [4.69, 9.17) is 4.74 Å². The van der Waals surface area contributed by atoms with Gasteiger partial charge in [0.05, 0.1) is 11.0 Å². The Morgan fingerprint density at radius 2 is 1.50 bits per heavy atom. The van der Waals surface area contributed by atoms with Gasteiger partial charge in [-0.25, -0.2) is 13.2 Å². The molecule has 0 radical (unpaired) electrons. The first-order chi connectivity index (χ1) is 12.9. The fourth-order valence-electron chi connectivity index (χ4n) is 2.97. The van der Waals surface area contributed by atoms with Crippen molar-refractivity contribution >= 4 is 15.9 Å². The number of ether oxygens (including phenoxy) is 1. The van der Waals surface area contributed by atoms with Crippen molar-refractivity contribution in [1.82, 2.24) is 4.90 Å². The highest BCUT2D eigenvalue weighted by Gasteiger charge is 2.31. The van der Waals surface area contributed by atoms with Gasteiger partial charge in [-0.3, -0.25) is 0 Å². The Morgan fingerprint density at radius 1 is 1.00 bits per heavy atom. The van der Waals surface area contributed by atoms with E-state index in [1.165, 1.54) is 23.1 Å². The maximum atomic E-state index is 13.1. The molecule has 0 aliphatic rings. The molecule has 158 valence electrons. The van der Waals surface area contributed by atoms with E-state index in [1.54, 1.807) is 25.1 Å². The first kappa shape index (κ1) is 24.2. The van der Waals surface area contributed by atoms with Gasteiger partial charge in [0.2, 0.25) is 14.9 Å². The van der Waals surface area contributed by atoms with Crippen LogP contribution in [0.25, 0.3) is 0 Å². The minimum Gasteiger partial charge on any atom is -0.398 e. The lowest BCUT2D eigenvalue weighted by atomic mass is 9.95. The Labute approximate surface area is 169 Å². The van der Waals surface area contributed by atoms with Gasteiger partial charge in [-0.1, -0.05) is 39.0 Å². The van der Waals surface area contributed by atoms with Crippen LogP contribution in [0.4, 0.5) is 4.79 Å². The van der Waals surface area contributed by atoms with Gasteiger partial charge >= 0.3 is 6.09 Å². The van der Waals surface area contributed by atoms with Gasteiger partial charge in [0.1, 0.15) is 0 Å². The van der Waals surface area contributed by atoms with Crippen molar-refractivity contribution in [2.75, 3.05) is 0 Å². The molecule has 1 rings (SSSR count). The Kier molecular flexibility index (Phi) is 8.70. The van der Waals surface area contributed by atoms with Gasteiger partial charge in [0.25, 0.3) is 0 Å². The molecule has 1 aromatic rings. The number of benzene rings is 1. The summed E-state index contributed by atoms with van der Waals surface area (Å²) in [5.74, 6) is -0.599. The highest BCUT2D eigenvalue weighted by molar-refractivity contribution is 7.95. The molecule has 1 amide bonds. The molecule has 0 unspecified atom stereocenters. The average Bonchev–Trinajstić information content (AvgIpc) is 2.60.